The van der Waals surface area contributed by atoms with Crippen LogP contribution < -0.4 is 0 Å². The third-order valence-corrected chi connectivity index (χ3v) is 3.73. The Morgan fingerprint density at radius 2 is 1.50 bits per heavy atom. The molecule has 0 bridgehead atoms. The van der Waals surface area contributed by atoms with Crippen LogP contribution in [-0.2, 0) is 5.67 Å². The molecule has 0 nitrogen and oxygen atoms in total. The summed E-state index contributed by atoms with van der Waals surface area (Å²) in [6.45, 7) is 10.4. The normalized spacial score (nSPS) is 26.9. The predicted molar refractivity (Wildman–Crippen MR) is 72.7 cm³/mol. The molecular weight excluding hydrogens is 230 g/mol. The molecule has 0 unspecified atom stereocenters. The first-order chi connectivity index (χ1) is 8.31. The first-order valence-electron chi connectivity index (χ1n) is 6.76. The highest BCUT2D eigenvalue weighted by Gasteiger charge is 2.50. The van der Waals surface area contributed by atoms with Crippen molar-refractivity contribution in [1.82, 2.24) is 0 Å². The van der Waals surface area contributed by atoms with E-state index in [0.717, 1.165) is 0 Å². The maximum absolute atomic E-state index is 14.4. The minimum atomic E-state index is -1.23. The van der Waals surface area contributed by atoms with E-state index < -0.39 is 5.67 Å². The number of hydrogen-bond acceptors (Lipinski definition) is 0. The smallest absolute Gasteiger partial charge is 0.136 e. The summed E-state index contributed by atoms with van der Waals surface area (Å²) in [5.74, 6) is 0.113. The van der Waals surface area contributed by atoms with Gasteiger partial charge in [0.25, 0.3) is 0 Å². The van der Waals surface area contributed by atoms with Crippen molar-refractivity contribution in [3.63, 3.8) is 0 Å². The van der Waals surface area contributed by atoms with Crippen LogP contribution in [0.15, 0.2) is 24.3 Å². The molecule has 0 amide bonds. The van der Waals surface area contributed by atoms with Crippen LogP contribution in [-0.4, -0.2) is 0 Å². The highest BCUT2D eigenvalue weighted by molar-refractivity contribution is 5.26. The van der Waals surface area contributed by atoms with Crippen LogP contribution >= 0.6 is 0 Å². The van der Waals surface area contributed by atoms with Gasteiger partial charge in [0.05, 0.1) is 0 Å². The van der Waals surface area contributed by atoms with Crippen LogP contribution in [0.25, 0.3) is 0 Å². The fraction of sp³-hybridized carbons (Fsp3) is 0.625. The fourth-order valence-corrected chi connectivity index (χ4v) is 2.32. The van der Waals surface area contributed by atoms with E-state index in [4.69, 9.17) is 0 Å². The van der Waals surface area contributed by atoms with Crippen LogP contribution in [0.1, 0.15) is 53.0 Å². The Morgan fingerprint density at radius 3 is 1.89 bits per heavy atom. The molecule has 2 rings (SSSR count). The molecule has 1 aliphatic rings. The maximum Gasteiger partial charge on any atom is 0.136 e. The van der Waals surface area contributed by atoms with Gasteiger partial charge in [0.1, 0.15) is 11.5 Å². The molecule has 0 heterocycles. The van der Waals surface area contributed by atoms with Crippen LogP contribution in [0.5, 0.6) is 0 Å². The summed E-state index contributed by atoms with van der Waals surface area (Å²) in [7, 11) is 0. The Morgan fingerprint density at radius 1 is 1.06 bits per heavy atom. The van der Waals surface area contributed by atoms with E-state index in [0.29, 0.717) is 24.3 Å². The van der Waals surface area contributed by atoms with Gasteiger partial charge in [-0.1, -0.05) is 46.8 Å². The number of alkyl halides is 1. The Kier molecular flexibility index (Phi) is 4.52. The number of benzene rings is 1. The minimum Gasteiger partial charge on any atom is -0.239 e. The van der Waals surface area contributed by atoms with Crippen LogP contribution in [0, 0.1) is 17.2 Å². The number of halogens is 2. The highest BCUT2D eigenvalue weighted by atomic mass is 19.1. The van der Waals surface area contributed by atoms with Gasteiger partial charge >= 0.3 is 0 Å². The van der Waals surface area contributed by atoms with E-state index in [1.807, 2.05) is 13.8 Å². The molecule has 1 fully saturated rings. The molecule has 1 aliphatic carbocycles. The summed E-state index contributed by atoms with van der Waals surface area (Å²) in [6, 6.07) is 5.80. The largest absolute Gasteiger partial charge is 0.239 e. The van der Waals surface area contributed by atoms with E-state index in [-0.39, 0.29) is 11.2 Å². The van der Waals surface area contributed by atoms with E-state index in [1.54, 1.807) is 12.1 Å². The maximum atomic E-state index is 14.4. The summed E-state index contributed by atoms with van der Waals surface area (Å²) in [5.41, 5.74) is -0.448. The second-order valence-electron chi connectivity index (χ2n) is 5.94. The second-order valence-corrected chi connectivity index (χ2v) is 5.94. The van der Waals surface area contributed by atoms with Gasteiger partial charge in [-0.3, -0.25) is 0 Å². The van der Waals surface area contributed by atoms with E-state index in [2.05, 4.69) is 20.8 Å². The van der Waals surface area contributed by atoms with Crippen molar-refractivity contribution in [1.29, 1.82) is 0 Å². The minimum absolute atomic E-state index is 0.162. The molecule has 0 aromatic heterocycles. The SMILES string of the molecule is CC.CC(C)(C)C1CC(F)(c2ccc(F)cc2)C1. The molecule has 0 saturated heterocycles. The van der Waals surface area contributed by atoms with Crippen molar-refractivity contribution in [2.75, 3.05) is 0 Å². The van der Waals surface area contributed by atoms with E-state index >= 15 is 0 Å². The first kappa shape index (κ1) is 15.1. The van der Waals surface area contributed by atoms with Crippen LogP contribution in [0.2, 0.25) is 0 Å². The second kappa shape index (κ2) is 5.38. The average Bonchev–Trinajstić information content (AvgIpc) is 2.27. The molecule has 2 heteroatoms. The van der Waals surface area contributed by atoms with E-state index in [1.165, 1.54) is 12.1 Å². The molecule has 1 aromatic carbocycles. The lowest BCUT2D eigenvalue weighted by atomic mass is 9.59. The third kappa shape index (κ3) is 3.09. The van der Waals surface area contributed by atoms with Gasteiger partial charge in [-0.05, 0) is 41.9 Å². The monoisotopic (exact) mass is 254 g/mol. The molecular formula is C16H24F2. The summed E-state index contributed by atoms with van der Waals surface area (Å²) >= 11 is 0. The van der Waals surface area contributed by atoms with Gasteiger partial charge in [0.2, 0.25) is 0 Å². The highest BCUT2D eigenvalue weighted by Crippen LogP contribution is 2.55. The molecule has 1 aromatic rings. The molecule has 102 valence electrons. The molecule has 18 heavy (non-hydrogen) atoms. The van der Waals surface area contributed by atoms with Crippen molar-refractivity contribution >= 4 is 0 Å². The average molecular weight is 254 g/mol. The van der Waals surface area contributed by atoms with Crippen LogP contribution in [0.3, 0.4) is 0 Å². The van der Waals surface area contributed by atoms with Gasteiger partial charge in [0, 0.05) is 0 Å². The van der Waals surface area contributed by atoms with Gasteiger partial charge in [0.15, 0.2) is 0 Å². The lowest BCUT2D eigenvalue weighted by Crippen LogP contribution is -2.43. The fourth-order valence-electron chi connectivity index (χ4n) is 2.32. The van der Waals surface area contributed by atoms with Crippen molar-refractivity contribution < 1.29 is 8.78 Å². The van der Waals surface area contributed by atoms with Crippen molar-refractivity contribution in [2.45, 2.75) is 53.1 Å². The lowest BCUT2D eigenvalue weighted by molar-refractivity contribution is -0.0476. The van der Waals surface area contributed by atoms with Crippen molar-refractivity contribution in [3.05, 3.63) is 35.6 Å². The molecule has 0 radical (unpaired) electrons. The third-order valence-electron chi connectivity index (χ3n) is 3.73. The molecule has 0 atom stereocenters. The topological polar surface area (TPSA) is 0 Å². The zero-order valence-corrected chi connectivity index (χ0v) is 12.1. The number of rotatable bonds is 1. The van der Waals surface area contributed by atoms with Crippen LogP contribution in [0.4, 0.5) is 8.78 Å². The Hall–Kier alpha value is -0.920. The quantitative estimate of drug-likeness (QED) is 0.623. The summed E-state index contributed by atoms with van der Waals surface area (Å²) in [4.78, 5) is 0. The zero-order valence-electron chi connectivity index (χ0n) is 12.1. The summed E-state index contributed by atoms with van der Waals surface area (Å²) < 4.78 is 27.2. The van der Waals surface area contributed by atoms with Gasteiger partial charge in [-0.2, -0.15) is 0 Å². The Balaban J connectivity index is 0.000000771. The molecule has 0 N–H and O–H groups in total. The van der Waals surface area contributed by atoms with E-state index in [9.17, 15) is 8.78 Å². The Labute approximate surface area is 109 Å². The van der Waals surface area contributed by atoms with Crippen molar-refractivity contribution in [3.8, 4) is 0 Å². The van der Waals surface area contributed by atoms with Gasteiger partial charge in [-0.15, -0.1) is 0 Å². The molecule has 0 spiro atoms. The summed E-state index contributed by atoms with van der Waals surface area (Å²) in [6.07, 6.45) is 1.12. The predicted octanol–water partition coefficient (Wildman–Crippen LogP) is 5.47. The molecule has 0 aliphatic heterocycles. The van der Waals surface area contributed by atoms with Gasteiger partial charge < -0.3 is 0 Å². The number of hydrogen-bond donors (Lipinski definition) is 0. The van der Waals surface area contributed by atoms with Gasteiger partial charge in [-0.25, -0.2) is 8.78 Å². The first-order valence-corrected chi connectivity index (χ1v) is 6.76. The van der Waals surface area contributed by atoms with Crippen molar-refractivity contribution in [2.24, 2.45) is 11.3 Å². The Bertz CT molecular complexity index is 367. The zero-order chi connectivity index (χ0) is 14.0. The molecule has 1 saturated carbocycles. The standard InChI is InChI=1S/C14H18F2.C2H6/c1-13(2,3)11-8-14(16,9-11)10-4-6-12(15)7-5-10;1-2/h4-7,11H,8-9H2,1-3H3;1-2H3. The summed E-state index contributed by atoms with van der Waals surface area (Å²) in [5, 5.41) is 0. The lowest BCUT2D eigenvalue weighted by Gasteiger charge is -2.48.